The number of fused-ring (bicyclic) bond motifs is 1. The first kappa shape index (κ1) is 48.3. The molecule has 342 valence electrons. The summed E-state index contributed by atoms with van der Waals surface area (Å²) in [5, 5.41) is 2.65. The molecule has 2 aromatic carbocycles. The number of hydrogen-bond donors (Lipinski definition) is 2. The van der Waals surface area contributed by atoms with Gasteiger partial charge in [-0.1, -0.05) is 36.7 Å². The Labute approximate surface area is 366 Å². The van der Waals surface area contributed by atoms with Gasteiger partial charge in [0.15, 0.2) is 6.10 Å². The number of carbonyl (C=O) groups excluding carboxylic acids is 5. The van der Waals surface area contributed by atoms with Crippen LogP contribution in [0.25, 0.3) is 0 Å². The zero-order valence-corrected chi connectivity index (χ0v) is 37.0. The lowest BCUT2D eigenvalue weighted by Gasteiger charge is -2.38. The van der Waals surface area contributed by atoms with Gasteiger partial charge in [-0.15, -0.1) is 0 Å². The topological polar surface area (TPSA) is 164 Å². The number of likely N-dealkylation sites (tertiary alicyclic amines) is 2. The number of carbonyl (C=O) groups is 5. The summed E-state index contributed by atoms with van der Waals surface area (Å²) in [5.41, 5.74) is 5.04. The first-order valence-electron chi connectivity index (χ1n) is 21.3. The van der Waals surface area contributed by atoms with E-state index in [0.29, 0.717) is 51.2 Å². The molecule has 0 spiro atoms. The maximum Gasteiger partial charge on any atom is 0.418 e. The molecular formula is C44H60ClF3N6O8. The number of ether oxygens (including phenoxy) is 3. The van der Waals surface area contributed by atoms with Crippen LogP contribution in [0, 0.1) is 17.3 Å². The van der Waals surface area contributed by atoms with Gasteiger partial charge in [0, 0.05) is 57.9 Å². The summed E-state index contributed by atoms with van der Waals surface area (Å²) in [6.45, 7) is 10.2. The number of nitrogen functional groups attached to an aromatic ring is 1. The van der Waals surface area contributed by atoms with Crippen LogP contribution in [0.2, 0.25) is 5.02 Å². The number of urea groups is 1. The Morgan fingerprint density at radius 2 is 1.66 bits per heavy atom. The van der Waals surface area contributed by atoms with E-state index in [2.05, 4.69) is 17.1 Å². The van der Waals surface area contributed by atoms with Crippen LogP contribution < -0.4 is 11.1 Å². The maximum absolute atomic E-state index is 14.1. The summed E-state index contributed by atoms with van der Waals surface area (Å²) in [4.78, 5) is 71.8. The Hall–Kier alpha value is -4.77. The Balaban J connectivity index is 1.14. The van der Waals surface area contributed by atoms with Crippen molar-refractivity contribution in [3.63, 3.8) is 0 Å². The molecule has 2 saturated heterocycles. The van der Waals surface area contributed by atoms with Gasteiger partial charge >= 0.3 is 30.2 Å². The van der Waals surface area contributed by atoms with E-state index in [1.807, 2.05) is 24.3 Å². The van der Waals surface area contributed by atoms with Crippen molar-refractivity contribution in [2.24, 2.45) is 17.3 Å². The summed E-state index contributed by atoms with van der Waals surface area (Å²) in [5.74, 6) is -0.915. The van der Waals surface area contributed by atoms with Crippen LogP contribution >= 0.6 is 11.6 Å². The van der Waals surface area contributed by atoms with E-state index in [4.69, 9.17) is 31.5 Å². The zero-order chi connectivity index (χ0) is 45.4. The van der Waals surface area contributed by atoms with Crippen LogP contribution in [0.3, 0.4) is 0 Å². The Morgan fingerprint density at radius 1 is 0.984 bits per heavy atom. The highest BCUT2D eigenvalue weighted by atomic mass is 35.5. The lowest BCUT2D eigenvalue weighted by atomic mass is 9.83. The van der Waals surface area contributed by atoms with Crippen LogP contribution in [0.15, 0.2) is 36.4 Å². The number of nitrogens with zero attached hydrogens (tertiary/aromatic N) is 4. The number of nitrogens with one attached hydrogen (secondary N) is 1. The number of alkyl halides is 3. The molecule has 1 unspecified atom stereocenters. The monoisotopic (exact) mass is 892 g/mol. The number of halogens is 4. The molecule has 0 radical (unpaired) electrons. The summed E-state index contributed by atoms with van der Waals surface area (Å²) in [6.07, 6.45) is -3.25. The van der Waals surface area contributed by atoms with Gasteiger partial charge in [0.25, 0.3) is 5.91 Å². The zero-order valence-electron chi connectivity index (χ0n) is 36.2. The number of esters is 2. The molecule has 0 bridgehead atoms. The van der Waals surface area contributed by atoms with Crippen LogP contribution in [-0.2, 0) is 47.6 Å². The van der Waals surface area contributed by atoms with E-state index in [-0.39, 0.29) is 54.5 Å². The van der Waals surface area contributed by atoms with Crippen molar-refractivity contribution in [2.75, 3.05) is 70.7 Å². The third-order valence-corrected chi connectivity index (χ3v) is 12.4. The number of nitrogens with two attached hydrogens (primary N) is 1. The molecule has 0 aliphatic carbocycles. The van der Waals surface area contributed by atoms with Gasteiger partial charge < -0.3 is 44.9 Å². The largest absolute Gasteiger partial charge is 0.436 e. The van der Waals surface area contributed by atoms with E-state index in [1.54, 1.807) is 32.7 Å². The highest BCUT2D eigenvalue weighted by molar-refractivity contribution is 6.33. The Kier molecular flexibility index (Phi) is 16.4. The molecule has 0 saturated carbocycles. The molecule has 2 atom stereocenters. The van der Waals surface area contributed by atoms with Crippen molar-refractivity contribution in [3.8, 4) is 0 Å². The van der Waals surface area contributed by atoms with Crippen molar-refractivity contribution >= 4 is 52.9 Å². The van der Waals surface area contributed by atoms with E-state index in [1.165, 1.54) is 15.9 Å². The molecule has 3 heterocycles. The number of hydrogen-bond acceptors (Lipinski definition) is 10. The highest BCUT2D eigenvalue weighted by Gasteiger charge is 2.37. The first-order chi connectivity index (χ1) is 29.2. The third kappa shape index (κ3) is 13.1. The molecule has 3 aliphatic heterocycles. The highest BCUT2D eigenvalue weighted by Crippen LogP contribution is 2.38. The maximum atomic E-state index is 14.1. The molecule has 62 heavy (non-hydrogen) atoms. The quantitative estimate of drug-likeness (QED) is 0.113. The first-order valence-corrected chi connectivity index (χ1v) is 21.7. The summed E-state index contributed by atoms with van der Waals surface area (Å²) in [6, 6.07) is 9.36. The van der Waals surface area contributed by atoms with Gasteiger partial charge in [0.05, 0.1) is 28.1 Å². The van der Waals surface area contributed by atoms with Gasteiger partial charge in [0.2, 0.25) is 6.79 Å². The van der Waals surface area contributed by atoms with E-state index in [9.17, 15) is 37.1 Å². The molecule has 3 N–H and O–H groups in total. The number of rotatable bonds is 14. The van der Waals surface area contributed by atoms with Crippen molar-refractivity contribution < 1.29 is 51.4 Å². The fourth-order valence-corrected chi connectivity index (χ4v) is 8.38. The number of para-hydroxylation sites is 1. The Bertz CT molecular complexity index is 1910. The molecule has 3 aliphatic rings. The van der Waals surface area contributed by atoms with E-state index >= 15 is 0 Å². The molecular weight excluding hydrogens is 833 g/mol. The normalized spacial score (nSPS) is 17.9. The average Bonchev–Trinajstić information content (AvgIpc) is 3.39. The number of amides is 4. The van der Waals surface area contributed by atoms with Gasteiger partial charge in [-0.2, -0.15) is 13.2 Å². The second kappa shape index (κ2) is 21.1. The van der Waals surface area contributed by atoms with E-state index < -0.39 is 59.7 Å². The lowest BCUT2D eigenvalue weighted by Crippen LogP contribution is -2.51. The van der Waals surface area contributed by atoms with Gasteiger partial charge in [-0.3, -0.25) is 14.4 Å². The van der Waals surface area contributed by atoms with Gasteiger partial charge in [0.1, 0.15) is 0 Å². The molecule has 5 rings (SSSR count). The SMILES string of the molecule is CC(CCN(C)C(=O)[C@@H](Cc1cc(Cl)c(N)c(C(F)(F)F)c1)OC(=O)N1CCC(N2CCc3ccccc3NC2=O)CC1)C1CCN(CCC(=O)OCOC(=O)C(C)(C)C)CC1. The number of benzene rings is 2. The smallest absolute Gasteiger partial charge is 0.418 e. The molecule has 2 fully saturated rings. The van der Waals surface area contributed by atoms with Crippen molar-refractivity contribution in [1.29, 1.82) is 0 Å². The molecule has 18 heteroatoms. The minimum absolute atomic E-state index is 0.0281. The van der Waals surface area contributed by atoms with Crippen molar-refractivity contribution in [3.05, 3.63) is 58.1 Å². The van der Waals surface area contributed by atoms with Gasteiger partial charge in [-0.25, -0.2) is 9.59 Å². The summed E-state index contributed by atoms with van der Waals surface area (Å²) < 4.78 is 57.6. The van der Waals surface area contributed by atoms with Gasteiger partial charge in [-0.05, 0) is 114 Å². The average molecular weight is 893 g/mol. The summed E-state index contributed by atoms with van der Waals surface area (Å²) in [7, 11) is 1.58. The second-order valence-corrected chi connectivity index (χ2v) is 18.0. The number of anilines is 2. The molecule has 0 aromatic heterocycles. The predicted octanol–water partition coefficient (Wildman–Crippen LogP) is 7.22. The number of piperidine rings is 2. The van der Waals surface area contributed by atoms with Crippen LogP contribution in [0.4, 0.5) is 34.1 Å². The molecule has 14 nitrogen and oxygen atoms in total. The third-order valence-electron chi connectivity index (χ3n) is 12.1. The van der Waals surface area contributed by atoms with Crippen LogP contribution in [0.5, 0.6) is 0 Å². The lowest BCUT2D eigenvalue weighted by molar-refractivity contribution is -0.173. The minimum atomic E-state index is -4.81. The predicted molar refractivity (Wildman–Crippen MR) is 227 cm³/mol. The standard InChI is InChI=1S/C44H60ClF3N6O8/c1-28(30-11-18-52(19-12-30)20-16-37(55)60-27-61-40(57)43(2,3)4)10-17-51(5)39(56)36(26-29-24-33(44(46,47)48)38(49)34(45)25-29)62-42(59)53-21-14-32(15-22-53)54-23-13-31-8-6-7-9-35(31)50-41(54)58/h6-9,24-25,28,30,32,36H,10-23,26-27,49H2,1-5H3,(H,50,58)/t28?,36-/m1/s1. The fraction of sp³-hybridized carbons (Fsp3) is 0.614. The van der Waals surface area contributed by atoms with Crippen LogP contribution in [0.1, 0.15) is 82.9 Å². The summed E-state index contributed by atoms with van der Waals surface area (Å²) >= 11 is 6.13. The van der Waals surface area contributed by atoms with Crippen LogP contribution in [-0.4, -0.2) is 121 Å². The Morgan fingerprint density at radius 3 is 2.32 bits per heavy atom. The van der Waals surface area contributed by atoms with Crippen molar-refractivity contribution in [2.45, 2.75) is 97.4 Å². The second-order valence-electron chi connectivity index (χ2n) is 17.6. The molecule has 2 aromatic rings. The molecule has 4 amide bonds. The van der Waals surface area contributed by atoms with E-state index in [0.717, 1.165) is 43.2 Å². The minimum Gasteiger partial charge on any atom is -0.436 e. The fourth-order valence-electron chi connectivity index (χ4n) is 8.14. The van der Waals surface area contributed by atoms with Crippen molar-refractivity contribution in [1.82, 2.24) is 19.6 Å². The number of likely N-dealkylation sites (N-methyl/N-ethyl adjacent to an activating group) is 1.